The number of aromatic nitrogens is 2. The normalized spacial score (nSPS) is 13.4. The van der Waals surface area contributed by atoms with Crippen molar-refractivity contribution in [2.24, 2.45) is 4.99 Å². The maximum atomic E-state index is 12.8. The fourth-order valence-corrected chi connectivity index (χ4v) is 3.81. The van der Waals surface area contributed by atoms with Crippen LogP contribution in [-0.2, 0) is 6.54 Å². The molecule has 0 radical (unpaired) electrons. The summed E-state index contributed by atoms with van der Waals surface area (Å²) in [5.74, 6) is 0.494. The van der Waals surface area contributed by atoms with Gasteiger partial charge in [-0.2, -0.15) is 0 Å². The second kappa shape index (κ2) is 7.91. The molecule has 2 heterocycles. The quantitative estimate of drug-likeness (QED) is 0.702. The number of aryl methyl sites for hydroxylation is 2. The summed E-state index contributed by atoms with van der Waals surface area (Å²) in [6.45, 7) is 5.10. The molecule has 1 aliphatic heterocycles. The summed E-state index contributed by atoms with van der Waals surface area (Å²) in [5.41, 5.74) is 4.40. The van der Waals surface area contributed by atoms with Crippen LogP contribution in [-0.4, -0.2) is 21.8 Å². The van der Waals surface area contributed by atoms with E-state index in [4.69, 9.17) is 0 Å². The largest absolute Gasteiger partial charge is 0.341 e. The molecule has 4 rings (SSSR count). The average Bonchev–Trinajstić information content (AvgIpc) is 3.19. The van der Waals surface area contributed by atoms with E-state index in [0.717, 1.165) is 40.9 Å². The summed E-state index contributed by atoms with van der Waals surface area (Å²) >= 11 is 0. The van der Waals surface area contributed by atoms with Crippen molar-refractivity contribution in [3.05, 3.63) is 91.6 Å². The fraction of sp³-hybridized carbons (Fsp3) is 0.261. The van der Waals surface area contributed by atoms with Crippen molar-refractivity contribution in [1.29, 1.82) is 0 Å². The van der Waals surface area contributed by atoms with E-state index in [1.807, 2.05) is 56.3 Å². The first kappa shape index (κ1) is 18.9. The number of aliphatic imine (C=N–C) groups is 1. The van der Waals surface area contributed by atoms with Crippen molar-refractivity contribution >= 4 is 17.2 Å². The number of aromatic amines is 1. The molecule has 6 heteroatoms. The van der Waals surface area contributed by atoms with Gasteiger partial charge in [-0.05, 0) is 55.5 Å². The van der Waals surface area contributed by atoms with Gasteiger partial charge in [0.05, 0.1) is 12.3 Å². The molecule has 0 atom stereocenters. The predicted molar refractivity (Wildman–Crippen MR) is 117 cm³/mol. The number of hydrogen-bond donors (Lipinski definition) is 2. The van der Waals surface area contributed by atoms with Crippen molar-refractivity contribution in [1.82, 2.24) is 9.55 Å². The molecule has 0 spiro atoms. The Hall–Kier alpha value is -3.41. The third-order valence-electron chi connectivity index (χ3n) is 5.03. The van der Waals surface area contributed by atoms with Crippen molar-refractivity contribution in [3.8, 4) is 0 Å². The molecular weight excluding hydrogens is 364 g/mol. The summed E-state index contributed by atoms with van der Waals surface area (Å²) in [7, 11) is 0. The Morgan fingerprint density at radius 2 is 1.79 bits per heavy atom. The predicted octanol–water partition coefficient (Wildman–Crippen LogP) is 3.53. The fourth-order valence-electron chi connectivity index (χ4n) is 3.81. The molecule has 148 valence electrons. The van der Waals surface area contributed by atoms with E-state index in [0.29, 0.717) is 24.5 Å². The van der Waals surface area contributed by atoms with E-state index in [1.165, 1.54) is 0 Å². The number of anilines is 2. The van der Waals surface area contributed by atoms with Crippen molar-refractivity contribution < 1.29 is 0 Å². The Morgan fingerprint density at radius 3 is 2.45 bits per heavy atom. The van der Waals surface area contributed by atoms with E-state index in [-0.39, 0.29) is 0 Å². The van der Waals surface area contributed by atoms with E-state index in [2.05, 4.69) is 21.4 Å². The Balaban J connectivity index is 1.90. The van der Waals surface area contributed by atoms with Gasteiger partial charge in [0.15, 0.2) is 0 Å². The van der Waals surface area contributed by atoms with E-state index >= 15 is 0 Å². The summed E-state index contributed by atoms with van der Waals surface area (Å²) in [4.78, 5) is 32.6. The van der Waals surface area contributed by atoms with Gasteiger partial charge in [-0.3, -0.25) is 19.3 Å². The second-order valence-corrected chi connectivity index (χ2v) is 7.49. The third kappa shape index (κ3) is 4.06. The van der Waals surface area contributed by atoms with Gasteiger partial charge >= 0.3 is 5.69 Å². The molecular formula is C23H24N4O2. The van der Waals surface area contributed by atoms with E-state index in [9.17, 15) is 9.59 Å². The van der Waals surface area contributed by atoms with Crippen molar-refractivity contribution in [3.63, 3.8) is 0 Å². The SMILES string of the molecule is Cc1cc(C)cc(Nc2c(C3=NCCC3)c(=O)[nH]c(=O)n2Cc2ccccc2)c1. The van der Waals surface area contributed by atoms with Gasteiger partial charge < -0.3 is 5.32 Å². The maximum Gasteiger partial charge on any atom is 0.330 e. The summed E-state index contributed by atoms with van der Waals surface area (Å²) < 4.78 is 1.59. The lowest BCUT2D eigenvalue weighted by Gasteiger charge is -2.18. The molecule has 1 aliphatic rings. The van der Waals surface area contributed by atoms with Gasteiger partial charge in [0.25, 0.3) is 5.56 Å². The lowest BCUT2D eigenvalue weighted by molar-refractivity contribution is 0.728. The molecule has 0 unspecified atom stereocenters. The van der Waals surface area contributed by atoms with Gasteiger partial charge in [-0.25, -0.2) is 4.79 Å². The van der Waals surface area contributed by atoms with Gasteiger partial charge in [-0.15, -0.1) is 0 Å². The van der Waals surface area contributed by atoms with Crippen LogP contribution in [0.1, 0.15) is 35.1 Å². The number of benzene rings is 2. The van der Waals surface area contributed by atoms with Crippen LogP contribution in [0.4, 0.5) is 11.5 Å². The second-order valence-electron chi connectivity index (χ2n) is 7.49. The molecule has 0 bridgehead atoms. The highest BCUT2D eigenvalue weighted by Gasteiger charge is 2.22. The molecule has 3 aromatic rings. The van der Waals surface area contributed by atoms with E-state index < -0.39 is 11.2 Å². The smallest absolute Gasteiger partial charge is 0.330 e. The van der Waals surface area contributed by atoms with Gasteiger partial charge in [0.1, 0.15) is 11.4 Å². The average molecular weight is 388 g/mol. The number of nitrogens with zero attached hydrogens (tertiary/aromatic N) is 2. The molecule has 0 saturated heterocycles. The molecule has 6 nitrogen and oxygen atoms in total. The number of rotatable bonds is 5. The van der Waals surface area contributed by atoms with Gasteiger partial charge in [-0.1, -0.05) is 36.4 Å². The molecule has 0 fully saturated rings. The summed E-state index contributed by atoms with van der Waals surface area (Å²) in [6, 6.07) is 15.8. The minimum atomic E-state index is -0.437. The molecule has 0 amide bonds. The van der Waals surface area contributed by atoms with Crippen LogP contribution in [0.3, 0.4) is 0 Å². The van der Waals surface area contributed by atoms with Crippen LogP contribution in [0.5, 0.6) is 0 Å². The van der Waals surface area contributed by atoms with Crippen LogP contribution in [0, 0.1) is 13.8 Å². The lowest BCUT2D eigenvalue weighted by Crippen LogP contribution is -2.36. The lowest BCUT2D eigenvalue weighted by atomic mass is 10.1. The Kier molecular flexibility index (Phi) is 5.16. The zero-order chi connectivity index (χ0) is 20.4. The summed E-state index contributed by atoms with van der Waals surface area (Å²) in [6.07, 6.45) is 1.64. The zero-order valence-electron chi connectivity index (χ0n) is 16.7. The Bertz CT molecular complexity index is 1170. The van der Waals surface area contributed by atoms with Crippen molar-refractivity contribution in [2.75, 3.05) is 11.9 Å². The first-order chi connectivity index (χ1) is 14.0. The van der Waals surface area contributed by atoms with Crippen LogP contribution >= 0.6 is 0 Å². The van der Waals surface area contributed by atoms with Gasteiger partial charge in [0.2, 0.25) is 0 Å². The number of hydrogen-bond acceptors (Lipinski definition) is 4. The maximum absolute atomic E-state index is 12.8. The first-order valence-corrected chi connectivity index (χ1v) is 9.81. The molecule has 1 aromatic heterocycles. The van der Waals surface area contributed by atoms with Crippen LogP contribution < -0.4 is 16.6 Å². The van der Waals surface area contributed by atoms with Crippen LogP contribution in [0.25, 0.3) is 0 Å². The highest BCUT2D eigenvalue weighted by Crippen LogP contribution is 2.24. The molecule has 0 aliphatic carbocycles. The minimum Gasteiger partial charge on any atom is -0.341 e. The number of H-pyrrole nitrogens is 1. The summed E-state index contributed by atoms with van der Waals surface area (Å²) in [5, 5.41) is 3.36. The topological polar surface area (TPSA) is 79.2 Å². The number of nitrogens with one attached hydrogen (secondary N) is 2. The van der Waals surface area contributed by atoms with Crippen molar-refractivity contribution in [2.45, 2.75) is 33.2 Å². The highest BCUT2D eigenvalue weighted by molar-refractivity contribution is 6.05. The Morgan fingerprint density at radius 1 is 1.07 bits per heavy atom. The third-order valence-corrected chi connectivity index (χ3v) is 5.03. The molecule has 29 heavy (non-hydrogen) atoms. The highest BCUT2D eigenvalue weighted by atomic mass is 16.2. The van der Waals surface area contributed by atoms with Gasteiger partial charge in [0, 0.05) is 12.2 Å². The van der Waals surface area contributed by atoms with Crippen LogP contribution in [0.15, 0.2) is 63.1 Å². The minimum absolute atomic E-state index is 0.351. The monoisotopic (exact) mass is 388 g/mol. The first-order valence-electron chi connectivity index (χ1n) is 9.81. The molecule has 0 saturated carbocycles. The zero-order valence-corrected chi connectivity index (χ0v) is 16.7. The Labute approximate surface area is 169 Å². The molecule has 2 aromatic carbocycles. The standard InChI is InChI=1S/C23H24N4O2/c1-15-11-16(2)13-18(12-15)25-21-20(19-9-6-10-24-19)22(28)26-23(29)27(21)14-17-7-4-3-5-8-17/h3-5,7-8,11-13,25H,6,9-10,14H2,1-2H3,(H,26,28,29). The van der Waals surface area contributed by atoms with Crippen LogP contribution in [0.2, 0.25) is 0 Å². The molecule has 2 N–H and O–H groups in total. The van der Waals surface area contributed by atoms with E-state index in [1.54, 1.807) is 4.57 Å².